The van der Waals surface area contributed by atoms with Crippen LogP contribution in [-0.4, -0.2) is 28.2 Å². The summed E-state index contributed by atoms with van der Waals surface area (Å²) in [5, 5.41) is -0.648. The van der Waals surface area contributed by atoms with E-state index in [2.05, 4.69) is 9.97 Å². The first-order valence-electron chi connectivity index (χ1n) is 10.8. The molecule has 0 saturated carbocycles. The molecule has 0 aliphatic carbocycles. The van der Waals surface area contributed by atoms with Gasteiger partial charge in [0.25, 0.3) is 0 Å². The van der Waals surface area contributed by atoms with Gasteiger partial charge in [0.2, 0.25) is 0 Å². The third-order valence-electron chi connectivity index (χ3n) is 5.58. The zero-order valence-corrected chi connectivity index (χ0v) is 20.2. The van der Waals surface area contributed by atoms with Crippen LogP contribution in [-0.2, 0) is 22.2 Å². The Morgan fingerprint density at radius 1 is 0.838 bits per heavy atom. The van der Waals surface area contributed by atoms with Gasteiger partial charge in [0.05, 0.1) is 15.7 Å². The molecule has 2 aromatic heterocycles. The molecule has 0 radical (unpaired) electrons. The lowest BCUT2D eigenvalue weighted by molar-refractivity contribution is -0.140. The van der Waals surface area contributed by atoms with E-state index in [9.17, 15) is 34.8 Å². The Labute approximate surface area is 208 Å². The number of nitrogens with zero attached hydrogens (tertiary/aromatic N) is 3. The molecule has 0 fully saturated rings. The number of pyridine rings is 1. The minimum Gasteiger partial charge on any atom is -0.283 e. The summed E-state index contributed by atoms with van der Waals surface area (Å²) < 4.78 is 107. The Morgan fingerprint density at radius 3 is 2.14 bits per heavy atom. The number of imidazole rings is 1. The van der Waals surface area contributed by atoms with E-state index in [0.717, 1.165) is 22.8 Å². The summed E-state index contributed by atoms with van der Waals surface area (Å²) in [6.45, 7) is 3.10. The first kappa shape index (κ1) is 26.4. The van der Waals surface area contributed by atoms with Gasteiger partial charge in [-0.25, -0.2) is 18.4 Å². The maximum Gasteiger partial charge on any atom is 0.434 e. The van der Waals surface area contributed by atoms with E-state index in [4.69, 9.17) is 0 Å². The lowest BCUT2D eigenvalue weighted by Crippen LogP contribution is -2.13. The van der Waals surface area contributed by atoms with E-state index in [0.29, 0.717) is 17.3 Å². The lowest BCUT2D eigenvalue weighted by atomic mass is 10.1. The third-order valence-corrected chi connectivity index (χ3v) is 7.73. The van der Waals surface area contributed by atoms with Crippen molar-refractivity contribution in [3.8, 4) is 28.3 Å². The number of sulfone groups is 1. The van der Waals surface area contributed by atoms with Crippen LogP contribution in [0.4, 0.5) is 26.3 Å². The molecular weight excluding hydrogens is 520 g/mol. The summed E-state index contributed by atoms with van der Waals surface area (Å²) >= 11 is 0. The van der Waals surface area contributed by atoms with Gasteiger partial charge in [-0.2, -0.15) is 26.3 Å². The summed E-state index contributed by atoms with van der Waals surface area (Å²) in [6, 6.07) is 13.1. The second kappa shape index (κ2) is 9.33. The van der Waals surface area contributed by atoms with E-state index in [-0.39, 0.29) is 10.7 Å². The van der Waals surface area contributed by atoms with Crippen LogP contribution in [0.3, 0.4) is 0 Å². The first-order chi connectivity index (χ1) is 17.2. The number of alkyl halides is 6. The van der Waals surface area contributed by atoms with E-state index in [1.807, 2.05) is 0 Å². The van der Waals surface area contributed by atoms with Crippen LogP contribution in [0.1, 0.15) is 25.1 Å². The summed E-state index contributed by atoms with van der Waals surface area (Å²) in [5.41, 5.74) is -2.11. The maximum atomic E-state index is 13.6. The molecule has 2 heterocycles. The standard InChI is InChI=1S/C25H19F6N3O2S/c1-15(2)37(35,36)18-7-5-6-16(12-18)17-10-11-22(32-13-17)34-14-21(25(29,30)31)33-23(34)19-8-3-4-9-20(19)24(26,27)28/h3-15H,1-2H3. The highest BCUT2D eigenvalue weighted by Crippen LogP contribution is 2.39. The molecule has 4 rings (SSSR count). The first-order valence-corrected chi connectivity index (χ1v) is 12.4. The van der Waals surface area contributed by atoms with Gasteiger partial charge in [0, 0.05) is 23.5 Å². The topological polar surface area (TPSA) is 64.8 Å². The highest BCUT2D eigenvalue weighted by Gasteiger charge is 2.38. The van der Waals surface area contributed by atoms with Crippen molar-refractivity contribution >= 4 is 9.84 Å². The lowest BCUT2D eigenvalue weighted by Gasteiger charge is -2.14. The van der Waals surface area contributed by atoms with Gasteiger partial charge in [-0.05, 0) is 49.7 Å². The number of halogens is 6. The van der Waals surface area contributed by atoms with Gasteiger partial charge in [-0.15, -0.1) is 0 Å². The minimum atomic E-state index is -4.91. The third kappa shape index (κ3) is 5.24. The zero-order valence-electron chi connectivity index (χ0n) is 19.3. The average Bonchev–Trinajstić information content (AvgIpc) is 3.30. The molecule has 4 aromatic rings. The van der Waals surface area contributed by atoms with E-state index in [1.54, 1.807) is 26.0 Å². The molecule has 0 bridgehead atoms. The number of hydrogen-bond acceptors (Lipinski definition) is 4. The Kier molecular flexibility index (Phi) is 6.65. The van der Waals surface area contributed by atoms with E-state index < -0.39 is 50.1 Å². The van der Waals surface area contributed by atoms with Gasteiger partial charge in [-0.3, -0.25) is 4.57 Å². The van der Waals surface area contributed by atoms with Gasteiger partial charge in [0.15, 0.2) is 15.5 Å². The van der Waals surface area contributed by atoms with Crippen molar-refractivity contribution in [1.82, 2.24) is 14.5 Å². The average molecular weight is 540 g/mol. The highest BCUT2D eigenvalue weighted by molar-refractivity contribution is 7.92. The molecule has 0 atom stereocenters. The van der Waals surface area contributed by atoms with Crippen molar-refractivity contribution in [3.63, 3.8) is 0 Å². The van der Waals surface area contributed by atoms with Crippen molar-refractivity contribution in [2.24, 2.45) is 0 Å². The second-order valence-corrected chi connectivity index (χ2v) is 10.9. The Balaban J connectivity index is 1.82. The van der Waals surface area contributed by atoms with Crippen LogP contribution >= 0.6 is 0 Å². The van der Waals surface area contributed by atoms with Crippen LogP contribution < -0.4 is 0 Å². The summed E-state index contributed by atoms with van der Waals surface area (Å²) in [5.74, 6) is -0.685. The maximum absolute atomic E-state index is 13.6. The monoisotopic (exact) mass is 539 g/mol. The van der Waals surface area contributed by atoms with Crippen LogP contribution in [0.5, 0.6) is 0 Å². The molecule has 0 unspecified atom stereocenters. The van der Waals surface area contributed by atoms with Crippen LogP contribution in [0.2, 0.25) is 0 Å². The van der Waals surface area contributed by atoms with E-state index in [1.165, 1.54) is 36.5 Å². The molecule has 5 nitrogen and oxygen atoms in total. The Hall–Kier alpha value is -3.67. The molecule has 0 aliphatic rings. The number of hydrogen-bond donors (Lipinski definition) is 0. The molecule has 2 aromatic carbocycles. The summed E-state index contributed by atoms with van der Waals surface area (Å²) in [6.07, 6.45) is -7.86. The van der Waals surface area contributed by atoms with Gasteiger partial charge >= 0.3 is 12.4 Å². The van der Waals surface area contributed by atoms with Crippen molar-refractivity contribution in [3.05, 3.63) is 84.3 Å². The Bertz CT molecular complexity index is 1540. The molecule has 0 spiro atoms. The van der Waals surface area contributed by atoms with Crippen molar-refractivity contribution in [2.45, 2.75) is 36.3 Å². The quantitative estimate of drug-likeness (QED) is 0.261. The van der Waals surface area contributed by atoms with Gasteiger partial charge in [-0.1, -0.05) is 30.3 Å². The fourth-order valence-electron chi connectivity index (χ4n) is 3.63. The second-order valence-electron chi connectivity index (χ2n) is 8.39. The minimum absolute atomic E-state index is 0.0968. The molecule has 0 N–H and O–H groups in total. The molecule has 0 amide bonds. The van der Waals surface area contributed by atoms with Crippen molar-refractivity contribution in [2.75, 3.05) is 0 Å². The fourth-order valence-corrected chi connectivity index (χ4v) is 4.73. The largest absolute Gasteiger partial charge is 0.434 e. The molecule has 194 valence electrons. The molecule has 37 heavy (non-hydrogen) atoms. The fraction of sp³-hybridized carbons (Fsp3) is 0.200. The van der Waals surface area contributed by atoms with Crippen molar-refractivity contribution < 1.29 is 34.8 Å². The summed E-state index contributed by atoms with van der Waals surface area (Å²) in [4.78, 5) is 7.72. The number of benzene rings is 2. The molecular formula is C25H19F6N3O2S. The van der Waals surface area contributed by atoms with Gasteiger partial charge < -0.3 is 0 Å². The molecule has 12 heteroatoms. The smallest absolute Gasteiger partial charge is 0.283 e. The number of rotatable bonds is 5. The molecule has 0 aliphatic heterocycles. The van der Waals surface area contributed by atoms with Crippen LogP contribution in [0.15, 0.2) is 78.0 Å². The number of aromatic nitrogens is 3. The predicted molar refractivity (Wildman–Crippen MR) is 125 cm³/mol. The van der Waals surface area contributed by atoms with Gasteiger partial charge in [0.1, 0.15) is 11.6 Å². The van der Waals surface area contributed by atoms with Crippen LogP contribution in [0.25, 0.3) is 28.3 Å². The summed E-state index contributed by atoms with van der Waals surface area (Å²) in [7, 11) is -3.55. The SMILES string of the molecule is CC(C)S(=O)(=O)c1cccc(-c2ccc(-n3cc(C(F)(F)F)nc3-c3ccccc3C(F)(F)F)nc2)c1. The normalized spacial score (nSPS) is 12.8. The van der Waals surface area contributed by atoms with E-state index >= 15 is 0 Å². The zero-order chi connectivity index (χ0) is 27.2. The van der Waals surface area contributed by atoms with Crippen LogP contribution in [0, 0.1) is 0 Å². The molecule has 0 saturated heterocycles. The highest BCUT2D eigenvalue weighted by atomic mass is 32.2. The van der Waals surface area contributed by atoms with Crippen molar-refractivity contribution in [1.29, 1.82) is 0 Å². The predicted octanol–water partition coefficient (Wildman–Crippen LogP) is 6.82. The Morgan fingerprint density at radius 2 is 1.54 bits per heavy atom.